The molecule has 3 rings (SSSR count). The molecular formula is C16H18N4O2S. The number of aliphatic hydroxyl groups excluding tert-OH is 1. The summed E-state index contributed by atoms with van der Waals surface area (Å²) in [5.74, 6) is 0.559. The van der Waals surface area contributed by atoms with E-state index in [0.717, 1.165) is 11.1 Å². The number of rotatable bonds is 7. The highest BCUT2D eigenvalue weighted by molar-refractivity contribution is 7.07. The van der Waals surface area contributed by atoms with Crippen LogP contribution in [0.3, 0.4) is 0 Å². The largest absolute Gasteiger partial charge is 0.387 e. The lowest BCUT2D eigenvalue weighted by Crippen LogP contribution is -2.28. The minimum absolute atomic E-state index is 0.321. The van der Waals surface area contributed by atoms with Gasteiger partial charge in [-0.15, -0.1) is 0 Å². The third-order valence-electron chi connectivity index (χ3n) is 3.53. The Morgan fingerprint density at radius 1 is 1.22 bits per heavy atom. The number of aromatic nitrogens is 3. The fourth-order valence-corrected chi connectivity index (χ4v) is 3.14. The van der Waals surface area contributed by atoms with Crippen molar-refractivity contribution < 1.29 is 5.11 Å². The van der Waals surface area contributed by atoms with E-state index in [2.05, 4.69) is 20.1 Å². The maximum Gasteiger partial charge on any atom is 0.340 e. The van der Waals surface area contributed by atoms with Crippen LogP contribution in [0.4, 0.5) is 0 Å². The Morgan fingerprint density at radius 3 is 2.70 bits per heavy atom. The fourth-order valence-electron chi connectivity index (χ4n) is 2.43. The molecule has 0 saturated carbocycles. The van der Waals surface area contributed by atoms with Gasteiger partial charge in [0.1, 0.15) is 5.82 Å². The fraction of sp³-hybridized carbons (Fsp3) is 0.250. The Morgan fingerprint density at radius 2 is 2.04 bits per heavy atom. The van der Waals surface area contributed by atoms with E-state index >= 15 is 0 Å². The van der Waals surface area contributed by atoms with Gasteiger partial charge in [0.05, 0.1) is 12.6 Å². The van der Waals surface area contributed by atoms with Crippen molar-refractivity contribution in [2.75, 3.05) is 6.54 Å². The summed E-state index contributed by atoms with van der Waals surface area (Å²) in [6.07, 6.45) is -0.573. The Balaban J connectivity index is 1.73. The van der Waals surface area contributed by atoms with E-state index < -0.39 is 6.10 Å². The first kappa shape index (κ1) is 15.7. The van der Waals surface area contributed by atoms with Gasteiger partial charge < -0.3 is 5.11 Å². The second-order valence-corrected chi connectivity index (χ2v) is 6.13. The standard InChI is InChI=1S/C16H18N4O2S/c21-14(13-6-7-23-11-13)9-20(8-12-4-2-1-3-5-12)10-15-17-16(22)19-18-15/h1-7,11,14,21H,8-10H2,(H2,17,18,19,22). The summed E-state index contributed by atoms with van der Waals surface area (Å²) in [6, 6.07) is 11.9. The van der Waals surface area contributed by atoms with Crippen LogP contribution in [-0.2, 0) is 13.1 Å². The molecule has 120 valence electrons. The van der Waals surface area contributed by atoms with Gasteiger partial charge in [-0.2, -0.15) is 16.4 Å². The molecule has 3 aromatic rings. The van der Waals surface area contributed by atoms with Crippen LogP contribution < -0.4 is 5.69 Å². The van der Waals surface area contributed by atoms with Crippen LogP contribution in [-0.4, -0.2) is 31.7 Å². The van der Waals surface area contributed by atoms with Crippen LogP contribution in [0, 0.1) is 0 Å². The molecule has 0 radical (unpaired) electrons. The Kier molecular flexibility index (Phi) is 5.02. The van der Waals surface area contributed by atoms with Crippen LogP contribution in [0.25, 0.3) is 0 Å². The van der Waals surface area contributed by atoms with Gasteiger partial charge in [-0.1, -0.05) is 30.3 Å². The lowest BCUT2D eigenvalue weighted by Gasteiger charge is -2.24. The quantitative estimate of drug-likeness (QED) is 0.618. The molecule has 0 spiro atoms. The highest BCUT2D eigenvalue weighted by Crippen LogP contribution is 2.19. The van der Waals surface area contributed by atoms with E-state index in [9.17, 15) is 9.90 Å². The number of benzene rings is 1. The summed E-state index contributed by atoms with van der Waals surface area (Å²) in [4.78, 5) is 15.9. The topological polar surface area (TPSA) is 85.0 Å². The van der Waals surface area contributed by atoms with Gasteiger partial charge in [-0.05, 0) is 28.0 Å². The molecule has 7 heteroatoms. The van der Waals surface area contributed by atoms with Crippen LogP contribution >= 0.6 is 11.3 Å². The summed E-state index contributed by atoms with van der Waals surface area (Å²) >= 11 is 1.56. The molecule has 1 unspecified atom stereocenters. The van der Waals surface area contributed by atoms with E-state index in [4.69, 9.17) is 0 Å². The van der Waals surface area contributed by atoms with Crippen LogP contribution in [0.2, 0.25) is 0 Å². The molecule has 0 amide bonds. The van der Waals surface area contributed by atoms with Crippen molar-refractivity contribution >= 4 is 11.3 Å². The monoisotopic (exact) mass is 330 g/mol. The van der Waals surface area contributed by atoms with Gasteiger partial charge in [0, 0.05) is 13.1 Å². The van der Waals surface area contributed by atoms with Gasteiger partial charge in [-0.3, -0.25) is 9.88 Å². The zero-order valence-electron chi connectivity index (χ0n) is 12.5. The summed E-state index contributed by atoms with van der Waals surface area (Å²) in [6.45, 7) is 1.58. The van der Waals surface area contributed by atoms with Crippen molar-refractivity contribution in [2.24, 2.45) is 0 Å². The first-order valence-corrected chi connectivity index (χ1v) is 8.25. The number of thiophene rings is 1. The molecule has 0 aliphatic rings. The lowest BCUT2D eigenvalue weighted by molar-refractivity contribution is 0.104. The molecule has 0 fully saturated rings. The van der Waals surface area contributed by atoms with Gasteiger partial charge in [0.25, 0.3) is 0 Å². The molecule has 1 aromatic carbocycles. The van der Waals surface area contributed by atoms with E-state index in [1.165, 1.54) is 0 Å². The first-order valence-electron chi connectivity index (χ1n) is 7.31. The minimum atomic E-state index is -0.573. The van der Waals surface area contributed by atoms with Gasteiger partial charge in [-0.25, -0.2) is 9.89 Å². The van der Waals surface area contributed by atoms with E-state index in [1.807, 2.05) is 47.2 Å². The van der Waals surface area contributed by atoms with Gasteiger partial charge in [0.2, 0.25) is 0 Å². The molecular weight excluding hydrogens is 312 g/mol. The number of hydrogen-bond donors (Lipinski definition) is 3. The Bertz CT molecular complexity index is 767. The summed E-state index contributed by atoms with van der Waals surface area (Å²) in [5, 5.41) is 20.6. The third-order valence-corrected chi connectivity index (χ3v) is 4.23. The van der Waals surface area contributed by atoms with Crippen molar-refractivity contribution in [1.82, 2.24) is 20.1 Å². The zero-order chi connectivity index (χ0) is 16.1. The maximum absolute atomic E-state index is 11.2. The first-order chi connectivity index (χ1) is 11.2. The molecule has 2 aromatic heterocycles. The molecule has 6 nitrogen and oxygen atoms in total. The second-order valence-electron chi connectivity index (χ2n) is 5.35. The molecule has 0 saturated heterocycles. The predicted octanol–water partition coefficient (Wildman–Crippen LogP) is 1.90. The summed E-state index contributed by atoms with van der Waals surface area (Å²) in [7, 11) is 0. The number of nitrogens with zero attached hydrogens (tertiary/aromatic N) is 2. The molecule has 0 bridgehead atoms. The highest BCUT2D eigenvalue weighted by atomic mass is 32.1. The van der Waals surface area contributed by atoms with Gasteiger partial charge >= 0.3 is 5.69 Å². The Labute approximate surface area is 137 Å². The number of H-pyrrole nitrogens is 2. The molecule has 0 aliphatic heterocycles. The normalized spacial score (nSPS) is 12.6. The van der Waals surface area contributed by atoms with Gasteiger partial charge in [0.15, 0.2) is 0 Å². The van der Waals surface area contributed by atoms with Crippen molar-refractivity contribution in [3.8, 4) is 0 Å². The van der Waals surface area contributed by atoms with E-state index in [0.29, 0.717) is 25.5 Å². The van der Waals surface area contributed by atoms with Crippen molar-refractivity contribution in [1.29, 1.82) is 0 Å². The molecule has 1 atom stereocenters. The third kappa shape index (κ3) is 4.38. The summed E-state index contributed by atoms with van der Waals surface area (Å²) < 4.78 is 0. The van der Waals surface area contributed by atoms with Crippen molar-refractivity contribution in [2.45, 2.75) is 19.2 Å². The van der Waals surface area contributed by atoms with Crippen molar-refractivity contribution in [3.63, 3.8) is 0 Å². The predicted molar refractivity (Wildman–Crippen MR) is 89.0 cm³/mol. The van der Waals surface area contributed by atoms with E-state index in [-0.39, 0.29) is 5.69 Å². The second kappa shape index (κ2) is 7.36. The molecule has 2 heterocycles. The van der Waals surface area contributed by atoms with E-state index in [1.54, 1.807) is 11.3 Å². The number of hydrogen-bond acceptors (Lipinski definition) is 5. The average Bonchev–Trinajstić information content (AvgIpc) is 3.20. The van der Waals surface area contributed by atoms with Crippen LogP contribution in [0.5, 0.6) is 0 Å². The minimum Gasteiger partial charge on any atom is -0.387 e. The molecule has 23 heavy (non-hydrogen) atoms. The number of aliphatic hydroxyl groups is 1. The number of nitrogens with one attached hydrogen (secondary N) is 2. The molecule has 3 N–H and O–H groups in total. The SMILES string of the molecule is O=c1[nH]nc(CN(Cc2ccccc2)CC(O)c2ccsc2)[nH]1. The Hall–Kier alpha value is -2.22. The molecule has 0 aliphatic carbocycles. The zero-order valence-corrected chi connectivity index (χ0v) is 13.3. The van der Waals surface area contributed by atoms with Crippen LogP contribution in [0.1, 0.15) is 23.1 Å². The van der Waals surface area contributed by atoms with Crippen molar-refractivity contribution in [3.05, 3.63) is 74.6 Å². The maximum atomic E-state index is 11.2. The summed E-state index contributed by atoms with van der Waals surface area (Å²) in [5.41, 5.74) is 1.73. The lowest BCUT2D eigenvalue weighted by atomic mass is 10.1. The average molecular weight is 330 g/mol. The number of aromatic amines is 2. The highest BCUT2D eigenvalue weighted by Gasteiger charge is 2.16. The van der Waals surface area contributed by atoms with Crippen LogP contribution in [0.15, 0.2) is 52.0 Å². The smallest absolute Gasteiger partial charge is 0.340 e.